The van der Waals surface area contributed by atoms with Gasteiger partial charge in [0.15, 0.2) is 16.7 Å². The van der Waals surface area contributed by atoms with Gasteiger partial charge in [0.1, 0.15) is 5.25 Å². The number of amides is 1. The first-order valence-corrected chi connectivity index (χ1v) is 7.44. The number of benzene rings is 1. The van der Waals surface area contributed by atoms with Gasteiger partial charge in [-0.15, -0.1) is 5.10 Å². The molecule has 1 aliphatic heterocycles. The Morgan fingerprint density at radius 1 is 1.43 bits per heavy atom. The van der Waals surface area contributed by atoms with Crippen molar-refractivity contribution in [1.29, 1.82) is 0 Å². The van der Waals surface area contributed by atoms with Crippen LogP contribution in [0.3, 0.4) is 0 Å². The summed E-state index contributed by atoms with van der Waals surface area (Å²) in [7, 11) is 3.05. The molecule has 0 spiro atoms. The number of rotatable bonds is 6. The van der Waals surface area contributed by atoms with Gasteiger partial charge in [0.05, 0.1) is 26.9 Å². The van der Waals surface area contributed by atoms with Gasteiger partial charge in [-0.3, -0.25) is 9.59 Å². The molecule has 1 heterocycles. The molecule has 1 aliphatic rings. The molecule has 1 atom stereocenters. The number of ether oxygens (including phenoxy) is 2. The molecule has 0 unspecified atom stereocenters. The smallest absolute Gasteiger partial charge is 0.305 e. The molecule has 0 saturated carbocycles. The van der Waals surface area contributed by atoms with E-state index in [1.54, 1.807) is 18.2 Å². The highest BCUT2D eigenvalue weighted by molar-refractivity contribution is 8.15. The Morgan fingerprint density at radius 2 is 2.22 bits per heavy atom. The van der Waals surface area contributed by atoms with Crippen LogP contribution in [0, 0.1) is 0 Å². The minimum absolute atomic E-state index is 0.261. The zero-order valence-electron chi connectivity index (χ0n) is 12.5. The van der Waals surface area contributed by atoms with E-state index in [4.69, 9.17) is 14.6 Å². The second-order valence-corrected chi connectivity index (χ2v) is 5.62. The summed E-state index contributed by atoms with van der Waals surface area (Å²) >= 11 is 1.04. The number of para-hydroxylation sites is 1. The van der Waals surface area contributed by atoms with Gasteiger partial charge in [-0.1, -0.05) is 17.8 Å². The Bertz CT molecular complexity index is 674. The number of nitrogens with zero attached hydrogens (tertiary/aromatic N) is 2. The number of carbonyl (C=O) groups is 2. The first-order chi connectivity index (χ1) is 11.0. The van der Waals surface area contributed by atoms with Crippen LogP contribution in [0.1, 0.15) is 12.0 Å². The minimum atomic E-state index is -1.04. The topological polar surface area (TPSA) is 110 Å². The lowest BCUT2D eigenvalue weighted by Crippen LogP contribution is -2.26. The summed E-state index contributed by atoms with van der Waals surface area (Å²) in [5.41, 5.74) is 0.660. The number of methoxy groups -OCH3 is 2. The van der Waals surface area contributed by atoms with Crippen LogP contribution in [0.15, 0.2) is 28.4 Å². The molecule has 0 aromatic heterocycles. The molecule has 1 aromatic carbocycles. The number of hydrogen-bond donors (Lipinski definition) is 2. The van der Waals surface area contributed by atoms with Crippen molar-refractivity contribution in [1.82, 2.24) is 5.32 Å². The predicted molar refractivity (Wildman–Crippen MR) is 86.3 cm³/mol. The van der Waals surface area contributed by atoms with Crippen molar-refractivity contribution in [3.63, 3.8) is 0 Å². The Morgan fingerprint density at radius 3 is 2.87 bits per heavy atom. The second kappa shape index (κ2) is 7.63. The van der Waals surface area contributed by atoms with Crippen LogP contribution in [0.2, 0.25) is 0 Å². The van der Waals surface area contributed by atoms with Crippen LogP contribution in [0.4, 0.5) is 0 Å². The number of amidine groups is 1. The second-order valence-electron chi connectivity index (χ2n) is 4.43. The highest BCUT2D eigenvalue weighted by atomic mass is 32.2. The maximum absolute atomic E-state index is 11.6. The summed E-state index contributed by atoms with van der Waals surface area (Å²) in [5.74, 6) is -0.339. The van der Waals surface area contributed by atoms with Crippen LogP contribution in [-0.2, 0) is 9.59 Å². The van der Waals surface area contributed by atoms with Crippen molar-refractivity contribution in [2.24, 2.45) is 10.2 Å². The molecule has 23 heavy (non-hydrogen) atoms. The van der Waals surface area contributed by atoms with E-state index in [0.717, 1.165) is 11.8 Å². The Labute approximate surface area is 136 Å². The number of hydrogen-bond acceptors (Lipinski definition) is 7. The SMILES string of the molecule is COc1cccc(/C=N\N=C2\NC(=O)[C@H](CC(=O)O)S2)c1OC. The van der Waals surface area contributed by atoms with E-state index in [0.29, 0.717) is 17.1 Å². The number of nitrogens with one attached hydrogen (secondary N) is 1. The zero-order valence-corrected chi connectivity index (χ0v) is 13.3. The minimum Gasteiger partial charge on any atom is -0.493 e. The van der Waals surface area contributed by atoms with Crippen molar-refractivity contribution in [2.45, 2.75) is 11.7 Å². The number of thioether (sulfide) groups is 1. The molecule has 0 radical (unpaired) electrons. The molecule has 0 aliphatic carbocycles. The standard InChI is InChI=1S/C14H15N3O5S/c1-21-9-5-3-4-8(12(9)22-2)7-15-17-14-16-13(20)10(23-14)6-11(18)19/h3-5,7,10H,6H2,1-2H3,(H,18,19)(H,16,17,20)/b15-7-/t10-/m0/s1. The number of carboxylic acid groups (broad SMARTS) is 1. The molecule has 2 rings (SSSR count). The fraction of sp³-hybridized carbons (Fsp3) is 0.286. The summed E-state index contributed by atoms with van der Waals surface area (Å²) in [6.07, 6.45) is 1.20. The number of carboxylic acids is 1. The molecule has 2 N–H and O–H groups in total. The molecule has 9 heteroatoms. The van der Waals surface area contributed by atoms with E-state index >= 15 is 0 Å². The number of carbonyl (C=O) groups excluding carboxylic acids is 1. The van der Waals surface area contributed by atoms with Crippen LogP contribution in [0.25, 0.3) is 0 Å². The first-order valence-electron chi connectivity index (χ1n) is 6.56. The average Bonchev–Trinajstić information content (AvgIpc) is 2.86. The van der Waals surface area contributed by atoms with Gasteiger partial charge in [0, 0.05) is 5.56 Å². The van der Waals surface area contributed by atoms with Crippen molar-refractivity contribution < 1.29 is 24.2 Å². The molecule has 1 aromatic rings. The van der Waals surface area contributed by atoms with Crippen molar-refractivity contribution in [3.05, 3.63) is 23.8 Å². The number of aliphatic carboxylic acids is 1. The normalized spacial score (nSPS) is 19.1. The maximum atomic E-state index is 11.6. The molecule has 122 valence electrons. The molecule has 1 saturated heterocycles. The Balaban J connectivity index is 2.10. The van der Waals surface area contributed by atoms with Gasteiger partial charge >= 0.3 is 5.97 Å². The lowest BCUT2D eigenvalue weighted by molar-refractivity contribution is -0.138. The highest BCUT2D eigenvalue weighted by Crippen LogP contribution is 2.29. The van der Waals surface area contributed by atoms with E-state index in [1.165, 1.54) is 20.4 Å². The summed E-state index contributed by atoms with van der Waals surface area (Å²) in [4.78, 5) is 22.2. The Kier molecular flexibility index (Phi) is 5.58. The van der Waals surface area contributed by atoms with Gasteiger partial charge in [0.2, 0.25) is 5.91 Å². The van der Waals surface area contributed by atoms with Crippen molar-refractivity contribution >= 4 is 35.0 Å². The highest BCUT2D eigenvalue weighted by Gasteiger charge is 2.32. The van der Waals surface area contributed by atoms with Crippen molar-refractivity contribution in [3.8, 4) is 11.5 Å². The third-order valence-corrected chi connectivity index (χ3v) is 3.99. The fourth-order valence-electron chi connectivity index (χ4n) is 1.90. The third kappa shape index (κ3) is 4.22. The van der Waals surface area contributed by atoms with Gasteiger partial charge in [-0.05, 0) is 12.1 Å². The largest absolute Gasteiger partial charge is 0.493 e. The van der Waals surface area contributed by atoms with E-state index in [1.807, 2.05) is 0 Å². The van der Waals surface area contributed by atoms with Crippen LogP contribution in [0.5, 0.6) is 11.5 Å². The molecular formula is C14H15N3O5S. The average molecular weight is 337 g/mol. The van der Waals surface area contributed by atoms with Crippen LogP contribution < -0.4 is 14.8 Å². The monoisotopic (exact) mass is 337 g/mol. The molecular weight excluding hydrogens is 322 g/mol. The third-order valence-electron chi connectivity index (χ3n) is 2.92. The van der Waals surface area contributed by atoms with E-state index in [-0.39, 0.29) is 17.5 Å². The van der Waals surface area contributed by atoms with Gasteiger partial charge in [-0.2, -0.15) is 5.10 Å². The molecule has 0 bridgehead atoms. The molecule has 1 fully saturated rings. The van der Waals surface area contributed by atoms with Gasteiger partial charge in [-0.25, -0.2) is 0 Å². The quantitative estimate of drug-likeness (QED) is 0.594. The first kappa shape index (κ1) is 16.8. The summed E-state index contributed by atoms with van der Waals surface area (Å²) < 4.78 is 10.4. The summed E-state index contributed by atoms with van der Waals surface area (Å²) in [6, 6.07) is 5.31. The summed E-state index contributed by atoms with van der Waals surface area (Å²) in [5, 5.41) is 18.6. The fourth-order valence-corrected chi connectivity index (χ4v) is 2.82. The van der Waals surface area contributed by atoms with Crippen LogP contribution in [-0.4, -0.2) is 47.8 Å². The van der Waals surface area contributed by atoms with Crippen LogP contribution >= 0.6 is 11.8 Å². The Hall–Kier alpha value is -2.55. The predicted octanol–water partition coefficient (Wildman–Crippen LogP) is 1.10. The van der Waals surface area contributed by atoms with Gasteiger partial charge in [0.25, 0.3) is 0 Å². The van der Waals surface area contributed by atoms with E-state index in [9.17, 15) is 9.59 Å². The van der Waals surface area contributed by atoms with E-state index in [2.05, 4.69) is 15.5 Å². The van der Waals surface area contributed by atoms with Crippen molar-refractivity contribution in [2.75, 3.05) is 14.2 Å². The van der Waals surface area contributed by atoms with Gasteiger partial charge < -0.3 is 19.9 Å². The zero-order chi connectivity index (χ0) is 16.8. The lowest BCUT2D eigenvalue weighted by atomic mass is 10.2. The van der Waals surface area contributed by atoms with E-state index < -0.39 is 11.2 Å². The molecule has 1 amide bonds. The maximum Gasteiger partial charge on any atom is 0.305 e. The summed E-state index contributed by atoms with van der Waals surface area (Å²) in [6.45, 7) is 0. The molecule has 8 nitrogen and oxygen atoms in total. The lowest BCUT2D eigenvalue weighted by Gasteiger charge is -2.08.